The van der Waals surface area contributed by atoms with Gasteiger partial charge in [-0.25, -0.2) is 0 Å². The molecule has 4 heteroatoms. The van der Waals surface area contributed by atoms with Crippen LogP contribution in [0.2, 0.25) is 0 Å². The second kappa shape index (κ2) is 7.67. The van der Waals surface area contributed by atoms with Crippen molar-refractivity contribution in [2.75, 3.05) is 19.7 Å². The molecule has 1 saturated carbocycles. The first-order valence-electron chi connectivity index (χ1n) is 6.78. The van der Waals surface area contributed by atoms with Crippen molar-refractivity contribution in [3.8, 4) is 0 Å². The van der Waals surface area contributed by atoms with Crippen LogP contribution in [0.1, 0.15) is 39.5 Å². The lowest BCUT2D eigenvalue weighted by Gasteiger charge is -2.18. The van der Waals surface area contributed by atoms with Gasteiger partial charge in [-0.2, -0.15) is 0 Å². The van der Waals surface area contributed by atoms with Crippen molar-refractivity contribution in [1.29, 1.82) is 0 Å². The SMILES string of the molecule is CCNC(C)CC(=O)NCC1CCCC1CO. The normalized spacial score (nSPS) is 25.8. The van der Waals surface area contributed by atoms with E-state index in [0.29, 0.717) is 18.3 Å². The summed E-state index contributed by atoms with van der Waals surface area (Å²) >= 11 is 0. The third-order valence-electron chi connectivity index (χ3n) is 3.66. The molecule has 100 valence electrons. The standard InChI is InChI=1S/C13H26N2O2/c1-3-14-10(2)7-13(17)15-8-11-5-4-6-12(11)9-16/h10-12,14,16H,3-9H2,1-2H3,(H,15,17). The highest BCUT2D eigenvalue weighted by molar-refractivity contribution is 5.76. The number of hydrogen-bond acceptors (Lipinski definition) is 3. The molecule has 3 N–H and O–H groups in total. The first-order chi connectivity index (χ1) is 8.17. The minimum Gasteiger partial charge on any atom is -0.396 e. The van der Waals surface area contributed by atoms with Crippen LogP contribution in [0, 0.1) is 11.8 Å². The summed E-state index contributed by atoms with van der Waals surface area (Å²) in [7, 11) is 0. The average molecular weight is 242 g/mol. The van der Waals surface area contributed by atoms with E-state index in [4.69, 9.17) is 0 Å². The Kier molecular flexibility index (Phi) is 6.52. The van der Waals surface area contributed by atoms with Crippen molar-refractivity contribution in [3.63, 3.8) is 0 Å². The molecule has 3 unspecified atom stereocenters. The van der Waals surface area contributed by atoms with E-state index in [1.54, 1.807) is 0 Å². The largest absolute Gasteiger partial charge is 0.396 e. The van der Waals surface area contributed by atoms with Crippen molar-refractivity contribution >= 4 is 5.91 Å². The van der Waals surface area contributed by atoms with E-state index < -0.39 is 0 Å². The molecular formula is C13H26N2O2. The smallest absolute Gasteiger partial charge is 0.221 e. The van der Waals surface area contributed by atoms with Crippen LogP contribution in [0.3, 0.4) is 0 Å². The Bertz CT molecular complexity index is 233. The van der Waals surface area contributed by atoms with Crippen LogP contribution in [0.15, 0.2) is 0 Å². The van der Waals surface area contributed by atoms with Crippen LogP contribution < -0.4 is 10.6 Å². The van der Waals surface area contributed by atoms with Gasteiger partial charge in [-0.05, 0) is 38.1 Å². The third kappa shape index (κ3) is 5.04. The molecule has 1 aliphatic rings. The monoisotopic (exact) mass is 242 g/mol. The molecule has 1 rings (SSSR count). The molecule has 0 saturated heterocycles. The Morgan fingerprint density at radius 2 is 2.12 bits per heavy atom. The van der Waals surface area contributed by atoms with E-state index in [-0.39, 0.29) is 18.6 Å². The second-order valence-corrected chi connectivity index (χ2v) is 5.10. The molecule has 3 atom stereocenters. The quantitative estimate of drug-likeness (QED) is 0.621. The van der Waals surface area contributed by atoms with Crippen molar-refractivity contribution in [1.82, 2.24) is 10.6 Å². The molecular weight excluding hydrogens is 216 g/mol. The fourth-order valence-corrected chi connectivity index (χ4v) is 2.64. The van der Waals surface area contributed by atoms with Crippen molar-refractivity contribution in [3.05, 3.63) is 0 Å². The molecule has 17 heavy (non-hydrogen) atoms. The Balaban J connectivity index is 2.19. The number of rotatable bonds is 7. The Morgan fingerprint density at radius 1 is 1.41 bits per heavy atom. The maximum absolute atomic E-state index is 11.7. The minimum atomic E-state index is 0.113. The fraction of sp³-hybridized carbons (Fsp3) is 0.923. The van der Waals surface area contributed by atoms with Gasteiger partial charge in [-0.3, -0.25) is 4.79 Å². The molecule has 0 radical (unpaired) electrons. The molecule has 0 spiro atoms. The third-order valence-corrected chi connectivity index (χ3v) is 3.66. The maximum atomic E-state index is 11.7. The molecule has 0 heterocycles. The van der Waals surface area contributed by atoms with Crippen LogP contribution >= 0.6 is 0 Å². The number of hydrogen-bond donors (Lipinski definition) is 3. The van der Waals surface area contributed by atoms with E-state index in [1.807, 2.05) is 13.8 Å². The summed E-state index contributed by atoms with van der Waals surface area (Å²) in [6, 6.07) is 0.234. The molecule has 0 bridgehead atoms. The van der Waals surface area contributed by atoms with Gasteiger partial charge in [0.2, 0.25) is 5.91 Å². The topological polar surface area (TPSA) is 61.4 Å². The number of carbonyl (C=O) groups is 1. The van der Waals surface area contributed by atoms with Crippen LogP contribution in [-0.4, -0.2) is 36.8 Å². The lowest BCUT2D eigenvalue weighted by molar-refractivity contribution is -0.121. The second-order valence-electron chi connectivity index (χ2n) is 5.10. The minimum absolute atomic E-state index is 0.113. The molecule has 4 nitrogen and oxygen atoms in total. The van der Waals surface area contributed by atoms with Crippen molar-refractivity contribution in [2.24, 2.45) is 11.8 Å². The first-order valence-corrected chi connectivity index (χ1v) is 6.78. The Morgan fingerprint density at radius 3 is 2.76 bits per heavy atom. The predicted octanol–water partition coefficient (Wildman–Crippen LogP) is 0.899. The molecule has 0 aromatic rings. The van der Waals surface area contributed by atoms with Gasteiger partial charge < -0.3 is 15.7 Å². The predicted molar refractivity (Wildman–Crippen MR) is 68.7 cm³/mol. The number of carbonyl (C=O) groups excluding carboxylic acids is 1. The molecule has 1 aliphatic carbocycles. The van der Waals surface area contributed by atoms with Crippen molar-refractivity contribution in [2.45, 2.75) is 45.6 Å². The zero-order valence-electron chi connectivity index (χ0n) is 11.0. The van der Waals surface area contributed by atoms with Gasteiger partial charge >= 0.3 is 0 Å². The van der Waals surface area contributed by atoms with Crippen LogP contribution in [0.4, 0.5) is 0 Å². The van der Waals surface area contributed by atoms with E-state index in [2.05, 4.69) is 10.6 Å². The first kappa shape index (κ1) is 14.5. The van der Waals surface area contributed by atoms with E-state index in [9.17, 15) is 9.90 Å². The zero-order chi connectivity index (χ0) is 12.7. The summed E-state index contributed by atoms with van der Waals surface area (Å²) in [6.45, 7) is 5.94. The molecule has 1 amide bonds. The number of aliphatic hydroxyl groups is 1. The summed E-state index contributed by atoms with van der Waals surface area (Å²) in [6.07, 6.45) is 3.95. The number of aliphatic hydroxyl groups excluding tert-OH is 1. The molecule has 1 fully saturated rings. The van der Waals surface area contributed by atoms with Gasteiger partial charge in [0.1, 0.15) is 0 Å². The lowest BCUT2D eigenvalue weighted by atomic mass is 9.97. The Hall–Kier alpha value is -0.610. The molecule has 0 aromatic carbocycles. The van der Waals surface area contributed by atoms with Gasteiger partial charge in [0.25, 0.3) is 0 Å². The van der Waals surface area contributed by atoms with Crippen LogP contribution in [-0.2, 0) is 4.79 Å². The Labute approximate surface area is 104 Å². The van der Waals surface area contributed by atoms with Gasteiger partial charge in [0, 0.05) is 25.6 Å². The highest BCUT2D eigenvalue weighted by Gasteiger charge is 2.26. The lowest BCUT2D eigenvalue weighted by Crippen LogP contribution is -2.36. The number of amides is 1. The summed E-state index contributed by atoms with van der Waals surface area (Å²) in [4.78, 5) is 11.7. The van der Waals surface area contributed by atoms with E-state index in [1.165, 1.54) is 6.42 Å². The fourth-order valence-electron chi connectivity index (χ4n) is 2.64. The van der Waals surface area contributed by atoms with E-state index in [0.717, 1.165) is 25.9 Å². The highest BCUT2D eigenvalue weighted by atomic mass is 16.3. The van der Waals surface area contributed by atoms with Crippen molar-refractivity contribution < 1.29 is 9.90 Å². The average Bonchev–Trinajstić information content (AvgIpc) is 2.73. The summed E-state index contributed by atoms with van der Waals surface area (Å²) < 4.78 is 0. The molecule has 0 aliphatic heterocycles. The van der Waals surface area contributed by atoms with Gasteiger partial charge in [0.15, 0.2) is 0 Å². The molecule has 0 aromatic heterocycles. The highest BCUT2D eigenvalue weighted by Crippen LogP contribution is 2.30. The van der Waals surface area contributed by atoms with Gasteiger partial charge in [-0.1, -0.05) is 13.3 Å². The van der Waals surface area contributed by atoms with Gasteiger partial charge in [-0.15, -0.1) is 0 Å². The van der Waals surface area contributed by atoms with Crippen LogP contribution in [0.5, 0.6) is 0 Å². The van der Waals surface area contributed by atoms with Gasteiger partial charge in [0.05, 0.1) is 0 Å². The summed E-state index contributed by atoms with van der Waals surface area (Å²) in [5.41, 5.74) is 0. The van der Waals surface area contributed by atoms with E-state index >= 15 is 0 Å². The van der Waals surface area contributed by atoms with Crippen LogP contribution in [0.25, 0.3) is 0 Å². The summed E-state index contributed by atoms with van der Waals surface area (Å²) in [5, 5.41) is 15.4. The summed E-state index contributed by atoms with van der Waals surface area (Å²) in [5.74, 6) is 0.974. The zero-order valence-corrected chi connectivity index (χ0v) is 11.0. The number of nitrogens with one attached hydrogen (secondary N) is 2. The maximum Gasteiger partial charge on any atom is 0.221 e.